The van der Waals surface area contributed by atoms with Gasteiger partial charge in [0.05, 0.1) is 35.9 Å². The summed E-state index contributed by atoms with van der Waals surface area (Å²) in [4.78, 5) is 13.5. The second kappa shape index (κ2) is 9.38. The molecular formula is C16H22ClF3N2O3. The lowest BCUT2D eigenvalue weighted by molar-refractivity contribution is -0.137. The fourth-order valence-corrected chi connectivity index (χ4v) is 2.27. The van der Waals surface area contributed by atoms with Crippen molar-refractivity contribution in [2.75, 3.05) is 32.1 Å². The van der Waals surface area contributed by atoms with Crippen LogP contribution in [0.5, 0.6) is 0 Å². The average Bonchev–Trinajstić information content (AvgIpc) is 2.45. The van der Waals surface area contributed by atoms with E-state index in [0.717, 1.165) is 12.1 Å². The zero-order valence-electron chi connectivity index (χ0n) is 14.2. The van der Waals surface area contributed by atoms with Gasteiger partial charge in [-0.15, -0.1) is 0 Å². The first-order valence-corrected chi connectivity index (χ1v) is 8.01. The molecule has 1 amide bonds. The number of aliphatic hydroxyl groups is 1. The molecule has 1 aromatic carbocycles. The van der Waals surface area contributed by atoms with Crippen LogP contribution in [-0.2, 0) is 15.7 Å². The second-order valence-electron chi connectivity index (χ2n) is 5.97. The first-order valence-electron chi connectivity index (χ1n) is 7.64. The Morgan fingerprint density at radius 1 is 1.40 bits per heavy atom. The van der Waals surface area contributed by atoms with E-state index in [1.165, 1.54) is 6.07 Å². The van der Waals surface area contributed by atoms with Crippen molar-refractivity contribution in [3.05, 3.63) is 28.8 Å². The van der Waals surface area contributed by atoms with Gasteiger partial charge in [-0.2, -0.15) is 13.2 Å². The summed E-state index contributed by atoms with van der Waals surface area (Å²) in [7, 11) is 1.61. The predicted molar refractivity (Wildman–Crippen MR) is 89.7 cm³/mol. The molecule has 1 unspecified atom stereocenters. The van der Waals surface area contributed by atoms with Crippen molar-refractivity contribution in [1.82, 2.24) is 4.90 Å². The van der Waals surface area contributed by atoms with Crippen molar-refractivity contribution in [3.8, 4) is 0 Å². The van der Waals surface area contributed by atoms with Gasteiger partial charge < -0.3 is 15.2 Å². The standard InChI is InChI=1S/C16H22ClF3N2O3/c1-10(2)25-9-12(23)7-22(3)8-15(24)21-11-4-5-14(17)13(6-11)16(18,19)20/h4-6,10,12,23H,7-9H2,1-3H3,(H,21,24). The number of nitrogens with one attached hydrogen (secondary N) is 1. The number of ether oxygens (including phenoxy) is 1. The number of likely N-dealkylation sites (N-methyl/N-ethyl adjacent to an activating group) is 1. The van der Waals surface area contributed by atoms with Crippen LogP contribution in [0.15, 0.2) is 18.2 Å². The maximum Gasteiger partial charge on any atom is 0.417 e. The second-order valence-corrected chi connectivity index (χ2v) is 6.38. The number of alkyl halides is 3. The highest BCUT2D eigenvalue weighted by Crippen LogP contribution is 2.36. The molecule has 0 aliphatic carbocycles. The Hall–Kier alpha value is -1.35. The van der Waals surface area contributed by atoms with Crippen LogP contribution in [0.4, 0.5) is 18.9 Å². The van der Waals surface area contributed by atoms with E-state index in [0.29, 0.717) is 0 Å². The van der Waals surface area contributed by atoms with Crippen molar-refractivity contribution in [3.63, 3.8) is 0 Å². The summed E-state index contributed by atoms with van der Waals surface area (Å²) >= 11 is 5.53. The van der Waals surface area contributed by atoms with Gasteiger partial charge in [-0.05, 0) is 39.1 Å². The minimum Gasteiger partial charge on any atom is -0.389 e. The van der Waals surface area contributed by atoms with Crippen LogP contribution in [0.3, 0.4) is 0 Å². The molecule has 0 aliphatic rings. The van der Waals surface area contributed by atoms with Gasteiger partial charge in [-0.3, -0.25) is 9.69 Å². The van der Waals surface area contributed by atoms with E-state index in [9.17, 15) is 23.1 Å². The van der Waals surface area contributed by atoms with Gasteiger partial charge in [-0.1, -0.05) is 11.6 Å². The third-order valence-corrected chi connectivity index (χ3v) is 3.44. The Morgan fingerprint density at radius 3 is 2.60 bits per heavy atom. The van der Waals surface area contributed by atoms with E-state index in [2.05, 4.69) is 5.32 Å². The van der Waals surface area contributed by atoms with E-state index >= 15 is 0 Å². The zero-order chi connectivity index (χ0) is 19.2. The monoisotopic (exact) mass is 382 g/mol. The molecule has 0 saturated heterocycles. The van der Waals surface area contributed by atoms with Crippen LogP contribution in [0.1, 0.15) is 19.4 Å². The molecule has 142 valence electrons. The molecule has 0 aliphatic heterocycles. The minimum absolute atomic E-state index is 0.00110. The molecule has 0 bridgehead atoms. The summed E-state index contributed by atoms with van der Waals surface area (Å²) in [6.07, 6.45) is -5.39. The van der Waals surface area contributed by atoms with Gasteiger partial charge in [0, 0.05) is 12.2 Å². The Bertz CT molecular complexity index is 582. The number of carbonyl (C=O) groups is 1. The number of carbonyl (C=O) groups excluding carboxylic acids is 1. The summed E-state index contributed by atoms with van der Waals surface area (Å²) in [6, 6.07) is 3.16. The number of halogens is 4. The zero-order valence-corrected chi connectivity index (χ0v) is 15.0. The Kier molecular flexibility index (Phi) is 8.14. The number of aliphatic hydroxyl groups excluding tert-OH is 1. The Labute approximate surface area is 149 Å². The Morgan fingerprint density at radius 2 is 2.04 bits per heavy atom. The van der Waals surface area contributed by atoms with E-state index in [1.807, 2.05) is 13.8 Å². The van der Waals surface area contributed by atoms with Crippen molar-refractivity contribution >= 4 is 23.2 Å². The molecule has 0 heterocycles. The van der Waals surface area contributed by atoms with Crippen LogP contribution in [0.25, 0.3) is 0 Å². The van der Waals surface area contributed by atoms with Gasteiger partial charge in [0.1, 0.15) is 0 Å². The number of hydrogen-bond donors (Lipinski definition) is 2. The van der Waals surface area contributed by atoms with Gasteiger partial charge in [0.2, 0.25) is 5.91 Å². The first kappa shape index (κ1) is 21.7. The van der Waals surface area contributed by atoms with Crippen molar-refractivity contribution < 1.29 is 27.8 Å². The fraction of sp³-hybridized carbons (Fsp3) is 0.562. The molecule has 9 heteroatoms. The van der Waals surface area contributed by atoms with Crippen molar-refractivity contribution in [2.24, 2.45) is 0 Å². The molecule has 1 rings (SSSR count). The first-order chi connectivity index (χ1) is 11.5. The maximum atomic E-state index is 12.8. The number of amides is 1. The lowest BCUT2D eigenvalue weighted by atomic mass is 10.2. The normalized spacial score (nSPS) is 13.4. The van der Waals surface area contributed by atoms with E-state index in [4.69, 9.17) is 16.3 Å². The predicted octanol–water partition coefficient (Wildman–Crippen LogP) is 3.02. The molecule has 1 atom stereocenters. The fourth-order valence-electron chi connectivity index (χ4n) is 2.05. The summed E-state index contributed by atoms with van der Waals surface area (Å²) in [6.45, 7) is 3.91. The highest BCUT2D eigenvalue weighted by atomic mass is 35.5. The number of anilines is 1. The molecule has 0 spiro atoms. The molecule has 0 aromatic heterocycles. The number of hydrogen-bond acceptors (Lipinski definition) is 4. The van der Waals surface area contributed by atoms with Crippen LogP contribution in [-0.4, -0.2) is 54.9 Å². The highest BCUT2D eigenvalue weighted by Gasteiger charge is 2.33. The molecule has 0 radical (unpaired) electrons. The van der Waals surface area contributed by atoms with Crippen LogP contribution in [0, 0.1) is 0 Å². The average molecular weight is 383 g/mol. The highest BCUT2D eigenvalue weighted by molar-refractivity contribution is 6.31. The number of rotatable bonds is 8. The topological polar surface area (TPSA) is 61.8 Å². The quantitative estimate of drug-likeness (QED) is 0.725. The van der Waals surface area contributed by atoms with Gasteiger partial charge in [0.25, 0.3) is 0 Å². The SMILES string of the molecule is CC(C)OCC(O)CN(C)CC(=O)Nc1ccc(Cl)c(C(F)(F)F)c1. The maximum absolute atomic E-state index is 12.8. The lowest BCUT2D eigenvalue weighted by Gasteiger charge is -2.21. The van der Waals surface area contributed by atoms with E-state index in [-0.39, 0.29) is 31.5 Å². The largest absolute Gasteiger partial charge is 0.417 e. The van der Waals surface area contributed by atoms with Gasteiger partial charge >= 0.3 is 6.18 Å². The molecule has 25 heavy (non-hydrogen) atoms. The number of benzene rings is 1. The molecule has 1 aromatic rings. The summed E-state index contributed by atoms with van der Waals surface area (Å²) in [5.41, 5.74) is -1.01. The van der Waals surface area contributed by atoms with Gasteiger partial charge in [-0.25, -0.2) is 0 Å². The molecule has 5 nitrogen and oxygen atoms in total. The summed E-state index contributed by atoms with van der Waals surface area (Å²) < 4.78 is 43.7. The van der Waals surface area contributed by atoms with Gasteiger partial charge in [0.15, 0.2) is 0 Å². The van der Waals surface area contributed by atoms with Crippen LogP contribution in [0.2, 0.25) is 5.02 Å². The van der Waals surface area contributed by atoms with E-state index in [1.54, 1.807) is 11.9 Å². The molecular weight excluding hydrogens is 361 g/mol. The Balaban J connectivity index is 2.56. The number of nitrogens with zero attached hydrogens (tertiary/aromatic N) is 1. The third kappa shape index (κ3) is 8.04. The molecule has 0 fully saturated rings. The van der Waals surface area contributed by atoms with Crippen molar-refractivity contribution in [1.29, 1.82) is 0 Å². The smallest absolute Gasteiger partial charge is 0.389 e. The van der Waals surface area contributed by atoms with Crippen LogP contribution >= 0.6 is 11.6 Å². The van der Waals surface area contributed by atoms with Crippen molar-refractivity contribution in [2.45, 2.75) is 32.2 Å². The molecule has 0 saturated carbocycles. The summed E-state index contributed by atoms with van der Waals surface area (Å²) in [5.74, 6) is -0.505. The third-order valence-electron chi connectivity index (χ3n) is 3.11. The molecule has 2 N–H and O–H groups in total. The van der Waals surface area contributed by atoms with E-state index < -0.39 is 28.8 Å². The summed E-state index contributed by atoms with van der Waals surface area (Å²) in [5, 5.41) is 11.7. The van der Waals surface area contributed by atoms with Crippen LogP contribution < -0.4 is 5.32 Å². The lowest BCUT2D eigenvalue weighted by Crippen LogP contribution is -2.37. The minimum atomic E-state index is -4.60.